The summed E-state index contributed by atoms with van der Waals surface area (Å²) in [7, 11) is -9.64. The Balaban J connectivity index is 0.00000196. The first kappa shape index (κ1) is 97.4. The van der Waals surface area contributed by atoms with Gasteiger partial charge in [-0.15, -0.1) is 0 Å². The van der Waals surface area contributed by atoms with Crippen molar-refractivity contribution in [2.24, 2.45) is 0 Å². The quantitative estimate of drug-likeness (QED) is 0.0150. The molecule has 0 saturated heterocycles. The van der Waals surface area contributed by atoms with Crippen molar-refractivity contribution in [2.75, 3.05) is 26.4 Å². The summed E-state index contributed by atoms with van der Waals surface area (Å²) < 4.78 is 91.2. The normalized spacial score (nSPS) is 11.8. The molecule has 0 atom stereocenters. The Bertz CT molecular complexity index is 2540. The Hall–Kier alpha value is -3.64. The molecule has 0 radical (unpaired) electrons. The Kier molecular flexibility index (Phi) is 66.9. The third kappa shape index (κ3) is 57.3. The van der Waals surface area contributed by atoms with Crippen molar-refractivity contribution >= 4 is 81.9 Å². The maximum absolute atomic E-state index is 12.9. The van der Waals surface area contributed by atoms with Crippen LogP contribution in [0.25, 0.3) is 0 Å². The standard InChI is InChI=1S/2C42H70O7S.Ca/c2*1-3-5-7-9-11-13-15-17-19-21-23-25-27-29-31-35-48-41(43)39-34-33-38(50(45,46)47)37-40(39)42(44)49-36-32-30-28-26-24-22-20-18-16-14-12-10-8-6-4-2;/h2*19-22,33-34,37H,3-18,23-32,35-36H2,1-2H3,(H,45,46,47);/q;;+2/p-2/b2*21-19+,22-20+;. The van der Waals surface area contributed by atoms with Gasteiger partial charge in [-0.1, -0.05) is 282 Å². The van der Waals surface area contributed by atoms with E-state index >= 15 is 0 Å². The van der Waals surface area contributed by atoms with E-state index in [0.717, 1.165) is 165 Å². The SMILES string of the molecule is CCCCCCCCC/C=C/CCCCCCOC(=O)c1ccc(S(=O)(=O)[O-])cc1C(=O)OCCCCCC/C=C/CCCCCCCCC.CCCCCCCCC/C=C/CCCCCCOC(=O)c1ccc(S(=O)(=O)[O-])cc1C(=O)OCCCCCC/C=C/CCCCCCCCC.[Ca+2]. The van der Waals surface area contributed by atoms with E-state index in [2.05, 4.69) is 76.3 Å². The molecule has 0 N–H and O–H groups in total. The molecule has 14 nitrogen and oxygen atoms in total. The summed E-state index contributed by atoms with van der Waals surface area (Å²) in [4.78, 5) is 50.2. The van der Waals surface area contributed by atoms with Crippen LogP contribution in [0.2, 0.25) is 0 Å². The van der Waals surface area contributed by atoms with E-state index in [9.17, 15) is 45.1 Å². The summed E-state index contributed by atoms with van der Waals surface area (Å²) in [5, 5.41) is 0. The van der Waals surface area contributed by atoms with Crippen molar-refractivity contribution in [3.63, 3.8) is 0 Å². The second-order valence-electron chi connectivity index (χ2n) is 27.2. The summed E-state index contributed by atoms with van der Waals surface area (Å²) >= 11 is 0. The zero-order valence-corrected chi connectivity index (χ0v) is 67.8. The summed E-state index contributed by atoms with van der Waals surface area (Å²) in [5.41, 5.74) is -0.726. The van der Waals surface area contributed by atoms with Crippen molar-refractivity contribution in [1.82, 2.24) is 0 Å². The van der Waals surface area contributed by atoms with Gasteiger partial charge in [0, 0.05) is 0 Å². The molecule has 0 fully saturated rings. The molecule has 0 unspecified atom stereocenters. The Morgan fingerprint density at radius 1 is 0.267 bits per heavy atom. The van der Waals surface area contributed by atoms with Gasteiger partial charge in [0.2, 0.25) is 0 Å². The predicted octanol–water partition coefficient (Wildman–Crippen LogP) is 24.0. The van der Waals surface area contributed by atoms with Crippen molar-refractivity contribution in [3.05, 3.63) is 107 Å². The number of unbranched alkanes of at least 4 members (excludes halogenated alkanes) is 44. The van der Waals surface area contributed by atoms with Crippen molar-refractivity contribution in [2.45, 2.75) is 371 Å². The topological polar surface area (TPSA) is 220 Å². The average molecular weight is 1480 g/mol. The second-order valence-corrected chi connectivity index (χ2v) is 30.0. The molecule has 0 amide bonds. The van der Waals surface area contributed by atoms with Crippen LogP contribution in [0.4, 0.5) is 0 Å². The maximum Gasteiger partial charge on any atom is 2.00 e. The van der Waals surface area contributed by atoms with Gasteiger partial charge in [-0.05, 0) is 165 Å². The van der Waals surface area contributed by atoms with Crippen LogP contribution in [-0.4, -0.2) is 114 Å². The minimum Gasteiger partial charge on any atom is -0.744 e. The van der Waals surface area contributed by atoms with Gasteiger partial charge in [-0.2, -0.15) is 0 Å². The first-order valence-corrected chi connectivity index (χ1v) is 42.9. The van der Waals surface area contributed by atoms with E-state index in [1.807, 2.05) is 0 Å². The van der Waals surface area contributed by atoms with Crippen LogP contribution >= 0.6 is 0 Å². The number of rotatable bonds is 66. The van der Waals surface area contributed by atoms with E-state index in [1.165, 1.54) is 180 Å². The zero-order valence-electron chi connectivity index (χ0n) is 63.9. The smallest absolute Gasteiger partial charge is 0.744 e. The molecule has 0 heterocycles. The number of carbonyl (C=O) groups excluding carboxylic acids is 4. The van der Waals surface area contributed by atoms with Crippen molar-refractivity contribution in [1.29, 1.82) is 0 Å². The minimum atomic E-state index is -4.82. The molecule has 17 heteroatoms. The van der Waals surface area contributed by atoms with Crippen molar-refractivity contribution in [3.8, 4) is 0 Å². The number of benzene rings is 2. The van der Waals surface area contributed by atoms with Crippen LogP contribution in [0, 0.1) is 0 Å². The van der Waals surface area contributed by atoms with Crippen LogP contribution in [0.3, 0.4) is 0 Å². The molecular weight excluding hydrogens is 1340 g/mol. The minimum absolute atomic E-state index is 0. The van der Waals surface area contributed by atoms with E-state index in [-0.39, 0.29) is 86.4 Å². The first-order chi connectivity index (χ1) is 48.6. The van der Waals surface area contributed by atoms with Gasteiger partial charge < -0.3 is 28.1 Å². The van der Waals surface area contributed by atoms with Crippen molar-refractivity contribution < 1.29 is 64.1 Å². The predicted molar refractivity (Wildman–Crippen MR) is 415 cm³/mol. The summed E-state index contributed by atoms with van der Waals surface area (Å²) in [6.45, 7) is 9.64. The van der Waals surface area contributed by atoms with Crippen LogP contribution in [0.15, 0.2) is 94.8 Å². The monoisotopic (exact) mass is 1470 g/mol. The molecule has 2 rings (SSSR count). The largest absolute Gasteiger partial charge is 2.00 e. The van der Waals surface area contributed by atoms with Gasteiger partial charge in [-0.3, -0.25) is 0 Å². The van der Waals surface area contributed by atoms with Crippen LogP contribution < -0.4 is 0 Å². The molecule has 0 spiro atoms. The number of esters is 4. The number of hydrogen-bond acceptors (Lipinski definition) is 14. The third-order valence-electron chi connectivity index (χ3n) is 18.0. The molecule has 2 aromatic rings. The van der Waals surface area contributed by atoms with Gasteiger partial charge in [0.05, 0.1) is 58.5 Å². The fraction of sp³-hybridized carbons (Fsp3) is 0.714. The molecule has 101 heavy (non-hydrogen) atoms. The Morgan fingerprint density at radius 3 is 0.624 bits per heavy atom. The molecule has 0 aromatic heterocycles. The van der Waals surface area contributed by atoms with E-state index in [1.54, 1.807) is 0 Å². The Morgan fingerprint density at radius 2 is 0.436 bits per heavy atom. The molecule has 0 aliphatic rings. The van der Waals surface area contributed by atoms with Gasteiger partial charge in [0.1, 0.15) is 20.2 Å². The first-order valence-electron chi connectivity index (χ1n) is 40.1. The third-order valence-corrected chi connectivity index (χ3v) is 19.7. The fourth-order valence-electron chi connectivity index (χ4n) is 11.7. The number of hydrogen-bond donors (Lipinski definition) is 0. The number of carbonyl (C=O) groups is 4. The molecule has 2 aromatic carbocycles. The molecule has 572 valence electrons. The van der Waals surface area contributed by atoms with E-state index in [0.29, 0.717) is 25.7 Å². The number of allylic oxidation sites excluding steroid dienone is 8. The van der Waals surface area contributed by atoms with Gasteiger partial charge in [0.15, 0.2) is 0 Å². The summed E-state index contributed by atoms with van der Waals surface area (Å²) in [5.74, 6) is -3.15. The maximum atomic E-state index is 12.9. The molecule has 0 aliphatic heterocycles. The van der Waals surface area contributed by atoms with Crippen LogP contribution in [0.1, 0.15) is 403 Å². The number of ether oxygens (including phenoxy) is 4. The van der Waals surface area contributed by atoms with Gasteiger partial charge in [-0.25, -0.2) is 36.0 Å². The summed E-state index contributed by atoms with van der Waals surface area (Å²) in [6, 6.07) is 6.20. The van der Waals surface area contributed by atoms with Crippen LogP contribution in [-0.2, 0) is 39.2 Å². The van der Waals surface area contributed by atoms with Gasteiger partial charge >= 0.3 is 61.6 Å². The molecular formula is C84H138CaO14S2. The fourth-order valence-corrected chi connectivity index (χ4v) is 12.7. The van der Waals surface area contributed by atoms with E-state index < -0.39 is 53.9 Å². The van der Waals surface area contributed by atoms with Gasteiger partial charge in [0.25, 0.3) is 0 Å². The average Bonchev–Trinajstić information content (AvgIpc) is 0.819. The van der Waals surface area contributed by atoms with Crippen LogP contribution in [0.5, 0.6) is 0 Å². The summed E-state index contributed by atoms with van der Waals surface area (Å²) in [6.07, 6.45) is 78.7. The molecule has 0 bridgehead atoms. The van der Waals surface area contributed by atoms with E-state index in [4.69, 9.17) is 18.9 Å². The Labute approximate surface area is 645 Å². The second kappa shape index (κ2) is 69.4. The molecule has 0 aliphatic carbocycles. The molecule has 0 saturated carbocycles. The zero-order chi connectivity index (χ0) is 73.1.